The first-order valence-corrected chi connectivity index (χ1v) is 5.49. The Labute approximate surface area is 81.0 Å². The van der Waals surface area contributed by atoms with Crippen LogP contribution in [0.25, 0.3) is 0 Å². The number of hydrogen-bond donors (Lipinski definition) is 0. The third-order valence-corrected chi connectivity index (χ3v) is 3.15. The van der Waals surface area contributed by atoms with Gasteiger partial charge in [0, 0.05) is 0 Å². The van der Waals surface area contributed by atoms with Gasteiger partial charge in [0.15, 0.2) is 0 Å². The Bertz CT molecular complexity index is 233. The molecule has 13 heavy (non-hydrogen) atoms. The van der Waals surface area contributed by atoms with Gasteiger partial charge in [-0.2, -0.15) is 0 Å². The van der Waals surface area contributed by atoms with Gasteiger partial charge >= 0.3 is 0 Å². The second-order valence-corrected chi connectivity index (χ2v) is 4.17. The molecule has 0 atom stereocenters. The molecule has 1 aromatic carbocycles. The Morgan fingerprint density at radius 3 is 2.46 bits per heavy atom. The third kappa shape index (κ3) is 2.58. The zero-order chi connectivity index (χ0) is 8.93. The van der Waals surface area contributed by atoms with Crippen molar-refractivity contribution in [3.05, 3.63) is 35.9 Å². The van der Waals surface area contributed by atoms with E-state index >= 15 is 0 Å². The van der Waals surface area contributed by atoms with E-state index in [4.69, 9.17) is 0 Å². The molecule has 0 heterocycles. The quantitative estimate of drug-likeness (QED) is 0.651. The summed E-state index contributed by atoms with van der Waals surface area (Å²) in [5.74, 6) is 1.07. The lowest BCUT2D eigenvalue weighted by Crippen LogP contribution is -2.10. The van der Waals surface area contributed by atoms with E-state index in [1.807, 2.05) is 0 Å². The van der Waals surface area contributed by atoms with Crippen LogP contribution in [0.15, 0.2) is 30.3 Å². The lowest BCUT2D eigenvalue weighted by molar-refractivity contribution is 0.290. The molecule has 1 aliphatic rings. The molecule has 0 aliphatic heterocycles. The SMILES string of the molecule is c1ccc(CCCC2CCC2)cc1. The van der Waals surface area contributed by atoms with Gasteiger partial charge in [-0.1, -0.05) is 56.0 Å². The van der Waals surface area contributed by atoms with E-state index in [1.165, 1.54) is 44.1 Å². The van der Waals surface area contributed by atoms with Crippen LogP contribution in [-0.2, 0) is 6.42 Å². The van der Waals surface area contributed by atoms with Crippen LogP contribution in [0.2, 0.25) is 0 Å². The van der Waals surface area contributed by atoms with Crippen molar-refractivity contribution in [3.8, 4) is 0 Å². The van der Waals surface area contributed by atoms with Gasteiger partial charge in [0.1, 0.15) is 0 Å². The standard InChI is InChI=1S/C13H18/c1-2-6-12(7-3-1)8-4-9-13-10-5-11-13/h1-3,6-7,13H,4-5,8-11H2. The maximum absolute atomic E-state index is 2.24. The Morgan fingerprint density at radius 2 is 1.85 bits per heavy atom. The molecule has 0 N–H and O–H groups in total. The van der Waals surface area contributed by atoms with Crippen molar-refractivity contribution in [3.63, 3.8) is 0 Å². The Balaban J connectivity index is 1.67. The molecule has 0 unspecified atom stereocenters. The van der Waals surface area contributed by atoms with Gasteiger partial charge < -0.3 is 0 Å². The smallest absolute Gasteiger partial charge is 0.0279 e. The minimum Gasteiger partial charge on any atom is -0.0622 e. The van der Waals surface area contributed by atoms with E-state index in [1.54, 1.807) is 0 Å². The van der Waals surface area contributed by atoms with Crippen LogP contribution in [0, 0.1) is 5.92 Å². The molecule has 70 valence electrons. The maximum Gasteiger partial charge on any atom is -0.0279 e. The van der Waals surface area contributed by atoms with Crippen LogP contribution in [-0.4, -0.2) is 0 Å². The highest BCUT2D eigenvalue weighted by molar-refractivity contribution is 5.14. The molecule has 0 radical (unpaired) electrons. The van der Waals surface area contributed by atoms with E-state index in [-0.39, 0.29) is 0 Å². The fourth-order valence-electron chi connectivity index (χ4n) is 2.02. The molecular formula is C13H18. The molecule has 1 saturated carbocycles. The second-order valence-electron chi connectivity index (χ2n) is 4.17. The number of hydrogen-bond acceptors (Lipinski definition) is 0. The van der Waals surface area contributed by atoms with Crippen LogP contribution in [0.4, 0.5) is 0 Å². The van der Waals surface area contributed by atoms with E-state index in [2.05, 4.69) is 30.3 Å². The van der Waals surface area contributed by atoms with Gasteiger partial charge in [-0.25, -0.2) is 0 Å². The van der Waals surface area contributed by atoms with Gasteiger partial charge in [0.2, 0.25) is 0 Å². The van der Waals surface area contributed by atoms with Crippen molar-refractivity contribution in [2.45, 2.75) is 38.5 Å². The summed E-state index contributed by atoms with van der Waals surface area (Å²) in [5, 5.41) is 0. The number of rotatable bonds is 4. The van der Waals surface area contributed by atoms with Crippen LogP contribution in [0.3, 0.4) is 0 Å². The fourth-order valence-corrected chi connectivity index (χ4v) is 2.02. The summed E-state index contributed by atoms with van der Waals surface area (Å²) < 4.78 is 0. The number of aryl methyl sites for hydroxylation is 1. The molecule has 0 spiro atoms. The zero-order valence-electron chi connectivity index (χ0n) is 8.21. The average molecular weight is 174 g/mol. The van der Waals surface area contributed by atoms with Crippen LogP contribution < -0.4 is 0 Å². The maximum atomic E-state index is 2.24. The molecule has 0 aromatic heterocycles. The first kappa shape index (κ1) is 8.80. The largest absolute Gasteiger partial charge is 0.0622 e. The Kier molecular flexibility index (Phi) is 3.02. The summed E-state index contributed by atoms with van der Waals surface area (Å²) in [4.78, 5) is 0. The van der Waals surface area contributed by atoms with Crippen molar-refractivity contribution in [1.29, 1.82) is 0 Å². The van der Waals surface area contributed by atoms with Gasteiger partial charge in [-0.15, -0.1) is 0 Å². The monoisotopic (exact) mass is 174 g/mol. The average Bonchev–Trinajstić information content (AvgIpc) is 2.11. The highest BCUT2D eigenvalue weighted by atomic mass is 14.2. The minimum atomic E-state index is 1.07. The normalized spacial score (nSPS) is 16.9. The molecule has 2 rings (SSSR count). The molecule has 0 heteroatoms. The van der Waals surface area contributed by atoms with Gasteiger partial charge in [-0.05, 0) is 24.3 Å². The summed E-state index contributed by atoms with van der Waals surface area (Å²) >= 11 is 0. The second kappa shape index (κ2) is 4.45. The topological polar surface area (TPSA) is 0 Å². The van der Waals surface area contributed by atoms with Crippen LogP contribution >= 0.6 is 0 Å². The summed E-state index contributed by atoms with van der Waals surface area (Å²) in [6.45, 7) is 0. The van der Waals surface area contributed by atoms with Gasteiger partial charge in [-0.3, -0.25) is 0 Å². The van der Waals surface area contributed by atoms with Crippen molar-refractivity contribution in [2.24, 2.45) is 5.92 Å². The molecule has 0 nitrogen and oxygen atoms in total. The molecule has 1 aliphatic carbocycles. The lowest BCUT2D eigenvalue weighted by atomic mass is 9.81. The van der Waals surface area contributed by atoms with E-state index in [0.717, 1.165) is 5.92 Å². The Morgan fingerprint density at radius 1 is 1.08 bits per heavy atom. The molecule has 0 bridgehead atoms. The number of benzene rings is 1. The van der Waals surface area contributed by atoms with Crippen LogP contribution in [0.5, 0.6) is 0 Å². The molecule has 0 amide bonds. The zero-order valence-corrected chi connectivity index (χ0v) is 8.21. The first-order valence-electron chi connectivity index (χ1n) is 5.49. The predicted octanol–water partition coefficient (Wildman–Crippen LogP) is 3.81. The van der Waals surface area contributed by atoms with E-state index in [0.29, 0.717) is 0 Å². The minimum absolute atomic E-state index is 1.07. The van der Waals surface area contributed by atoms with Gasteiger partial charge in [0.25, 0.3) is 0 Å². The predicted molar refractivity (Wildman–Crippen MR) is 56.7 cm³/mol. The summed E-state index contributed by atoms with van der Waals surface area (Å²) in [5.41, 5.74) is 1.50. The molecule has 1 fully saturated rings. The highest BCUT2D eigenvalue weighted by Crippen LogP contribution is 2.30. The van der Waals surface area contributed by atoms with Crippen molar-refractivity contribution in [1.82, 2.24) is 0 Å². The fraction of sp³-hybridized carbons (Fsp3) is 0.538. The highest BCUT2D eigenvalue weighted by Gasteiger charge is 2.16. The summed E-state index contributed by atoms with van der Waals surface area (Å²) in [6.07, 6.45) is 8.58. The third-order valence-electron chi connectivity index (χ3n) is 3.15. The van der Waals surface area contributed by atoms with Crippen molar-refractivity contribution in [2.75, 3.05) is 0 Å². The van der Waals surface area contributed by atoms with Crippen molar-refractivity contribution >= 4 is 0 Å². The van der Waals surface area contributed by atoms with E-state index in [9.17, 15) is 0 Å². The van der Waals surface area contributed by atoms with Crippen molar-refractivity contribution < 1.29 is 0 Å². The first-order chi connectivity index (χ1) is 6.45. The Hall–Kier alpha value is -0.780. The lowest BCUT2D eigenvalue weighted by Gasteiger charge is -2.24. The van der Waals surface area contributed by atoms with Crippen LogP contribution in [0.1, 0.15) is 37.7 Å². The molecular weight excluding hydrogens is 156 g/mol. The molecule has 0 saturated heterocycles. The van der Waals surface area contributed by atoms with Gasteiger partial charge in [0.05, 0.1) is 0 Å². The summed E-state index contributed by atoms with van der Waals surface area (Å²) in [7, 11) is 0. The van der Waals surface area contributed by atoms with E-state index < -0.39 is 0 Å². The summed E-state index contributed by atoms with van der Waals surface area (Å²) in [6, 6.07) is 10.8. The molecule has 1 aromatic rings.